The SMILES string of the molecule is CCCc1cc2c(cc1O)C(C)C(Cc1ccc(OC)cc1)O2. The van der Waals surface area contributed by atoms with Crippen molar-refractivity contribution in [1.82, 2.24) is 0 Å². The first-order chi connectivity index (χ1) is 11.1. The summed E-state index contributed by atoms with van der Waals surface area (Å²) in [6.07, 6.45) is 2.84. The smallest absolute Gasteiger partial charge is 0.123 e. The maximum Gasteiger partial charge on any atom is 0.123 e. The van der Waals surface area contributed by atoms with Gasteiger partial charge >= 0.3 is 0 Å². The average Bonchev–Trinajstić information content (AvgIpc) is 2.85. The molecule has 2 unspecified atom stereocenters. The van der Waals surface area contributed by atoms with Gasteiger partial charge in [0.1, 0.15) is 23.4 Å². The number of aromatic hydroxyl groups is 1. The highest BCUT2D eigenvalue weighted by atomic mass is 16.5. The second-order valence-electron chi connectivity index (χ2n) is 6.27. The molecule has 3 rings (SSSR count). The summed E-state index contributed by atoms with van der Waals surface area (Å²) >= 11 is 0. The van der Waals surface area contributed by atoms with Crippen molar-refractivity contribution < 1.29 is 14.6 Å². The van der Waals surface area contributed by atoms with Gasteiger partial charge in [0.25, 0.3) is 0 Å². The van der Waals surface area contributed by atoms with Crippen LogP contribution in [0.15, 0.2) is 36.4 Å². The molecule has 1 aliphatic heterocycles. The van der Waals surface area contributed by atoms with Crippen molar-refractivity contribution in [3.8, 4) is 17.2 Å². The summed E-state index contributed by atoms with van der Waals surface area (Å²) in [7, 11) is 1.67. The van der Waals surface area contributed by atoms with Gasteiger partial charge < -0.3 is 14.6 Å². The molecule has 2 aromatic carbocycles. The summed E-state index contributed by atoms with van der Waals surface area (Å²) in [5.41, 5.74) is 3.32. The molecule has 0 bridgehead atoms. The highest BCUT2D eigenvalue weighted by molar-refractivity contribution is 5.50. The molecule has 122 valence electrons. The van der Waals surface area contributed by atoms with Gasteiger partial charge in [-0.2, -0.15) is 0 Å². The minimum absolute atomic E-state index is 0.106. The van der Waals surface area contributed by atoms with E-state index < -0.39 is 0 Å². The van der Waals surface area contributed by atoms with E-state index in [-0.39, 0.29) is 12.0 Å². The van der Waals surface area contributed by atoms with E-state index in [1.165, 1.54) is 5.56 Å². The van der Waals surface area contributed by atoms with Crippen LogP contribution in [0.2, 0.25) is 0 Å². The Morgan fingerprint density at radius 1 is 1.17 bits per heavy atom. The van der Waals surface area contributed by atoms with E-state index in [0.717, 1.165) is 41.9 Å². The van der Waals surface area contributed by atoms with Crippen LogP contribution in [0.25, 0.3) is 0 Å². The Morgan fingerprint density at radius 3 is 2.57 bits per heavy atom. The number of methoxy groups -OCH3 is 1. The standard InChI is InChI=1S/C20H24O3/c1-4-5-15-11-20-17(12-18(15)21)13(2)19(23-20)10-14-6-8-16(22-3)9-7-14/h6-9,11-13,19,21H,4-5,10H2,1-3H3. The lowest BCUT2D eigenvalue weighted by molar-refractivity contribution is 0.211. The third-order valence-corrected chi connectivity index (χ3v) is 4.65. The minimum atomic E-state index is 0.106. The van der Waals surface area contributed by atoms with E-state index >= 15 is 0 Å². The number of ether oxygens (including phenoxy) is 2. The van der Waals surface area contributed by atoms with E-state index in [9.17, 15) is 5.11 Å². The van der Waals surface area contributed by atoms with Gasteiger partial charge in [-0.1, -0.05) is 32.4 Å². The molecule has 23 heavy (non-hydrogen) atoms. The number of fused-ring (bicyclic) bond motifs is 1. The zero-order valence-corrected chi connectivity index (χ0v) is 14.0. The molecule has 0 radical (unpaired) electrons. The third kappa shape index (κ3) is 3.14. The zero-order valence-electron chi connectivity index (χ0n) is 14.0. The molecule has 0 saturated carbocycles. The lowest BCUT2D eigenvalue weighted by Gasteiger charge is -2.15. The van der Waals surface area contributed by atoms with Crippen molar-refractivity contribution in [2.75, 3.05) is 7.11 Å². The van der Waals surface area contributed by atoms with Crippen molar-refractivity contribution in [2.45, 2.75) is 45.1 Å². The maximum absolute atomic E-state index is 10.2. The van der Waals surface area contributed by atoms with Crippen LogP contribution in [0.1, 0.15) is 42.9 Å². The maximum atomic E-state index is 10.2. The van der Waals surface area contributed by atoms with Gasteiger partial charge in [-0.25, -0.2) is 0 Å². The van der Waals surface area contributed by atoms with E-state index in [4.69, 9.17) is 9.47 Å². The van der Waals surface area contributed by atoms with Gasteiger partial charge in [-0.15, -0.1) is 0 Å². The quantitative estimate of drug-likeness (QED) is 0.886. The van der Waals surface area contributed by atoms with Gasteiger partial charge in [0, 0.05) is 17.9 Å². The Bertz CT molecular complexity index is 676. The number of rotatable bonds is 5. The largest absolute Gasteiger partial charge is 0.508 e. The Kier molecular flexibility index (Phi) is 4.46. The van der Waals surface area contributed by atoms with Gasteiger partial charge in [-0.05, 0) is 41.8 Å². The monoisotopic (exact) mass is 312 g/mol. The Hall–Kier alpha value is -2.16. The van der Waals surface area contributed by atoms with Crippen molar-refractivity contribution in [3.05, 3.63) is 53.1 Å². The fourth-order valence-electron chi connectivity index (χ4n) is 3.23. The normalized spacial score (nSPS) is 19.3. The molecular formula is C20H24O3. The number of phenolic OH excluding ortho intramolecular Hbond substituents is 1. The second-order valence-corrected chi connectivity index (χ2v) is 6.27. The molecule has 2 aromatic rings. The molecule has 0 fully saturated rings. The Balaban J connectivity index is 1.78. The molecule has 0 aromatic heterocycles. The lowest BCUT2D eigenvalue weighted by atomic mass is 9.92. The molecule has 1 heterocycles. The summed E-state index contributed by atoms with van der Waals surface area (Å²) in [6, 6.07) is 12.0. The van der Waals surface area contributed by atoms with Gasteiger partial charge in [0.15, 0.2) is 0 Å². The minimum Gasteiger partial charge on any atom is -0.508 e. The Morgan fingerprint density at radius 2 is 1.91 bits per heavy atom. The van der Waals surface area contributed by atoms with E-state index in [0.29, 0.717) is 5.75 Å². The lowest BCUT2D eigenvalue weighted by Crippen LogP contribution is -2.19. The molecular weight excluding hydrogens is 288 g/mol. The number of hydrogen-bond donors (Lipinski definition) is 1. The fraction of sp³-hybridized carbons (Fsp3) is 0.400. The van der Waals surface area contributed by atoms with Crippen LogP contribution in [0.5, 0.6) is 17.2 Å². The second kappa shape index (κ2) is 6.53. The number of hydrogen-bond acceptors (Lipinski definition) is 3. The van der Waals surface area contributed by atoms with Crippen LogP contribution in [0.3, 0.4) is 0 Å². The van der Waals surface area contributed by atoms with E-state index in [2.05, 4.69) is 26.0 Å². The molecule has 0 saturated heterocycles. The Labute approximate surface area is 137 Å². The van der Waals surface area contributed by atoms with E-state index in [1.54, 1.807) is 7.11 Å². The molecule has 0 amide bonds. The first-order valence-electron chi connectivity index (χ1n) is 8.27. The van der Waals surface area contributed by atoms with Crippen molar-refractivity contribution in [3.63, 3.8) is 0 Å². The molecule has 0 spiro atoms. The van der Waals surface area contributed by atoms with Crippen molar-refractivity contribution in [1.29, 1.82) is 0 Å². The summed E-state index contributed by atoms with van der Waals surface area (Å²) in [5, 5.41) is 10.2. The number of benzene rings is 2. The first-order valence-corrected chi connectivity index (χ1v) is 8.27. The highest BCUT2D eigenvalue weighted by Crippen LogP contribution is 2.42. The van der Waals surface area contributed by atoms with Crippen LogP contribution >= 0.6 is 0 Å². The number of phenols is 1. The van der Waals surface area contributed by atoms with Gasteiger partial charge in [0.05, 0.1) is 7.11 Å². The predicted molar refractivity (Wildman–Crippen MR) is 91.6 cm³/mol. The molecule has 1 aliphatic rings. The van der Waals surface area contributed by atoms with Crippen molar-refractivity contribution >= 4 is 0 Å². The van der Waals surface area contributed by atoms with Gasteiger partial charge in [0.2, 0.25) is 0 Å². The van der Waals surface area contributed by atoms with Crippen LogP contribution < -0.4 is 9.47 Å². The number of aryl methyl sites for hydroxylation is 1. The van der Waals surface area contributed by atoms with E-state index in [1.807, 2.05) is 24.3 Å². The predicted octanol–water partition coefficient (Wildman–Crippen LogP) is 4.46. The molecule has 3 nitrogen and oxygen atoms in total. The van der Waals surface area contributed by atoms with Crippen molar-refractivity contribution in [2.24, 2.45) is 0 Å². The summed E-state index contributed by atoms with van der Waals surface area (Å²) in [4.78, 5) is 0. The molecule has 0 aliphatic carbocycles. The van der Waals surface area contributed by atoms with Gasteiger partial charge in [-0.3, -0.25) is 0 Å². The molecule has 3 heteroatoms. The summed E-state index contributed by atoms with van der Waals surface area (Å²) < 4.78 is 11.4. The topological polar surface area (TPSA) is 38.7 Å². The summed E-state index contributed by atoms with van der Waals surface area (Å²) in [6.45, 7) is 4.28. The molecule has 2 atom stereocenters. The molecule has 1 N–H and O–H groups in total. The highest BCUT2D eigenvalue weighted by Gasteiger charge is 2.32. The first kappa shape index (κ1) is 15.7. The zero-order chi connectivity index (χ0) is 16.4. The average molecular weight is 312 g/mol. The van der Waals surface area contributed by atoms with Crippen LogP contribution in [-0.4, -0.2) is 18.3 Å². The third-order valence-electron chi connectivity index (χ3n) is 4.65. The summed E-state index contributed by atoms with van der Waals surface area (Å²) in [5.74, 6) is 2.46. The van der Waals surface area contributed by atoms with Crippen LogP contribution in [-0.2, 0) is 12.8 Å². The van der Waals surface area contributed by atoms with Crippen LogP contribution in [0, 0.1) is 0 Å². The fourth-order valence-corrected chi connectivity index (χ4v) is 3.23. The van der Waals surface area contributed by atoms with Crippen LogP contribution in [0.4, 0.5) is 0 Å².